The summed E-state index contributed by atoms with van der Waals surface area (Å²) in [5.41, 5.74) is -1.19. The third kappa shape index (κ3) is 4.27. The lowest BCUT2D eigenvalue weighted by Gasteiger charge is -2.50. The van der Waals surface area contributed by atoms with Gasteiger partial charge in [0.15, 0.2) is 44.5 Å². The van der Waals surface area contributed by atoms with E-state index in [-0.39, 0.29) is 46.3 Å². The van der Waals surface area contributed by atoms with Crippen LogP contribution in [0.4, 0.5) is 33.3 Å². The number of imide groups is 2. The van der Waals surface area contributed by atoms with Crippen molar-refractivity contribution in [1.82, 2.24) is 0 Å². The molecule has 3 fully saturated rings. The molecule has 6 atom stereocenters. The number of halogens is 7. The van der Waals surface area contributed by atoms with Crippen LogP contribution in [0.3, 0.4) is 0 Å². The number of ether oxygens (including phenoxy) is 1. The fourth-order valence-electron chi connectivity index (χ4n) is 7.75. The number of rotatable bonds is 5. The van der Waals surface area contributed by atoms with E-state index in [2.05, 4.69) is 0 Å². The molecule has 2 aliphatic heterocycles. The summed E-state index contributed by atoms with van der Waals surface area (Å²) in [6.45, 7) is 1.71. The Morgan fingerprint density at radius 1 is 0.837 bits per heavy atom. The summed E-state index contributed by atoms with van der Waals surface area (Å²) in [7, 11) is 0. The Morgan fingerprint density at radius 3 is 2.10 bits per heavy atom. The second-order valence-electron chi connectivity index (χ2n) is 12.2. The molecular formula is C34H23Cl2F5N2O6. The van der Waals surface area contributed by atoms with E-state index in [1.807, 2.05) is 0 Å². The van der Waals surface area contributed by atoms with Gasteiger partial charge in [-0.25, -0.2) is 26.9 Å². The second kappa shape index (κ2) is 11.3. The fraction of sp³-hybridized carbons (Fsp3) is 0.294. The van der Waals surface area contributed by atoms with Gasteiger partial charge in [0.2, 0.25) is 17.6 Å². The topological polar surface area (TPSA) is 104 Å². The number of alkyl halides is 2. The van der Waals surface area contributed by atoms with Gasteiger partial charge < -0.3 is 9.84 Å². The van der Waals surface area contributed by atoms with Gasteiger partial charge in [0, 0.05) is 5.92 Å². The van der Waals surface area contributed by atoms with Crippen LogP contribution in [0, 0.1) is 46.8 Å². The van der Waals surface area contributed by atoms with Crippen molar-refractivity contribution in [2.45, 2.75) is 35.4 Å². The van der Waals surface area contributed by atoms with Crippen LogP contribution >= 0.6 is 23.2 Å². The molecule has 1 saturated carbocycles. The molecule has 0 radical (unpaired) electrons. The van der Waals surface area contributed by atoms with E-state index in [1.54, 1.807) is 43.3 Å². The van der Waals surface area contributed by atoms with Gasteiger partial charge in [-0.15, -0.1) is 23.2 Å². The molecule has 0 aromatic heterocycles. The van der Waals surface area contributed by atoms with Crippen LogP contribution < -0.4 is 14.5 Å². The zero-order valence-corrected chi connectivity index (χ0v) is 26.7. The van der Waals surface area contributed by atoms with Gasteiger partial charge in [-0.3, -0.25) is 24.1 Å². The summed E-state index contributed by atoms with van der Waals surface area (Å²) in [5.74, 6) is -21.7. The van der Waals surface area contributed by atoms with Crippen molar-refractivity contribution >= 4 is 58.2 Å². The molecule has 8 nitrogen and oxygen atoms in total. The number of nitrogens with zero attached hydrogens (tertiary/aromatic N) is 2. The zero-order valence-electron chi connectivity index (χ0n) is 25.2. The number of hydrogen-bond donors (Lipinski definition) is 1. The number of carbonyl (C=O) groups is 4. The maximum absolute atomic E-state index is 15.2. The standard InChI is InChI=1S/C34H23Cl2F5N2O6/c1-2-49-20-12-14(8-11-19(20)44)22-16-9-10-17-21(30(46)42(29(17)45)15-6-4-3-5-7-15)18(16)13-33(35)31(47)43(32(48)34(22,33)36)28-26(40)24(38)23(37)25(39)27(28)41/h3-9,11-12,17-18,21-22,44H,2,10,13H2,1H3/t17-,18+,21-,22-,33+,34-/m0/s1. The van der Waals surface area contributed by atoms with Crippen molar-refractivity contribution in [3.8, 4) is 11.5 Å². The zero-order chi connectivity index (χ0) is 35.3. The van der Waals surface area contributed by atoms with Crippen LogP contribution in [0.15, 0.2) is 60.2 Å². The van der Waals surface area contributed by atoms with Crippen LogP contribution in [-0.4, -0.2) is 45.1 Å². The van der Waals surface area contributed by atoms with E-state index in [0.717, 1.165) is 4.90 Å². The average molecular weight is 721 g/mol. The fourth-order valence-corrected chi connectivity index (χ4v) is 8.69. The van der Waals surface area contributed by atoms with Gasteiger partial charge >= 0.3 is 0 Å². The summed E-state index contributed by atoms with van der Waals surface area (Å²) in [5, 5.41) is 10.4. The molecule has 49 heavy (non-hydrogen) atoms. The first kappa shape index (κ1) is 33.0. The summed E-state index contributed by atoms with van der Waals surface area (Å²) >= 11 is 14.3. The Kier molecular flexibility index (Phi) is 7.60. The number of carbonyl (C=O) groups excluding carboxylic acids is 4. The Hall–Kier alpha value is -4.49. The summed E-state index contributed by atoms with van der Waals surface area (Å²) in [4.78, 5) is 51.9. The number of phenols is 1. The normalized spacial score (nSPS) is 29.2. The molecular weight excluding hydrogens is 698 g/mol. The lowest BCUT2D eigenvalue weighted by Crippen LogP contribution is -2.60. The largest absolute Gasteiger partial charge is 0.504 e. The number of fused-ring (bicyclic) bond motifs is 4. The van der Waals surface area contributed by atoms with Crippen molar-refractivity contribution in [2.75, 3.05) is 16.4 Å². The van der Waals surface area contributed by atoms with Gasteiger partial charge in [0.1, 0.15) is 5.69 Å². The van der Waals surface area contributed by atoms with Crippen molar-refractivity contribution in [1.29, 1.82) is 0 Å². The molecule has 0 bridgehead atoms. The van der Waals surface area contributed by atoms with E-state index < -0.39 is 98.2 Å². The number of benzene rings is 3. The number of para-hydroxylation sites is 1. The molecule has 0 spiro atoms. The van der Waals surface area contributed by atoms with Crippen LogP contribution in [0.2, 0.25) is 0 Å². The van der Waals surface area contributed by atoms with Crippen LogP contribution in [0.25, 0.3) is 0 Å². The third-order valence-corrected chi connectivity index (χ3v) is 11.3. The van der Waals surface area contributed by atoms with Gasteiger partial charge in [-0.05, 0) is 55.5 Å². The Bertz CT molecular complexity index is 2000. The molecule has 2 saturated heterocycles. The Balaban J connectivity index is 1.45. The highest BCUT2D eigenvalue weighted by molar-refractivity contribution is 6.58. The number of hydrogen-bond acceptors (Lipinski definition) is 6. The summed E-state index contributed by atoms with van der Waals surface area (Å²) in [6.07, 6.45) is 0.946. The maximum Gasteiger partial charge on any atom is 0.258 e. The Labute approximate surface area is 284 Å². The molecule has 7 rings (SSSR count). The number of amides is 4. The number of anilines is 2. The van der Waals surface area contributed by atoms with Gasteiger partial charge in [-0.2, -0.15) is 0 Å². The summed E-state index contributed by atoms with van der Waals surface area (Å²) < 4.78 is 78.8. The predicted molar refractivity (Wildman–Crippen MR) is 165 cm³/mol. The lowest BCUT2D eigenvalue weighted by atomic mass is 9.56. The molecule has 4 aliphatic rings. The first-order valence-electron chi connectivity index (χ1n) is 15.1. The van der Waals surface area contributed by atoms with Crippen molar-refractivity contribution in [3.63, 3.8) is 0 Å². The maximum atomic E-state index is 15.2. The minimum Gasteiger partial charge on any atom is -0.504 e. The molecule has 0 unspecified atom stereocenters. The van der Waals surface area contributed by atoms with E-state index in [9.17, 15) is 37.5 Å². The second-order valence-corrected chi connectivity index (χ2v) is 13.4. The highest BCUT2D eigenvalue weighted by Gasteiger charge is 2.77. The van der Waals surface area contributed by atoms with Crippen LogP contribution in [0.1, 0.15) is 31.2 Å². The van der Waals surface area contributed by atoms with Gasteiger partial charge in [-0.1, -0.05) is 35.9 Å². The number of allylic oxidation sites excluding steroid dienone is 2. The third-order valence-electron chi connectivity index (χ3n) is 9.85. The van der Waals surface area contributed by atoms with Gasteiger partial charge in [0.25, 0.3) is 11.8 Å². The number of phenolic OH excluding ortho intramolecular Hbond substituents is 1. The monoisotopic (exact) mass is 720 g/mol. The van der Waals surface area contributed by atoms with Crippen LogP contribution in [-0.2, 0) is 19.2 Å². The van der Waals surface area contributed by atoms with Gasteiger partial charge in [0.05, 0.1) is 24.1 Å². The molecule has 3 aromatic rings. The SMILES string of the molecule is CCOc1cc([C@H]2C3=CC[C@@H]4C(=O)N(c5ccccc5)C(=O)[C@@H]4[C@@H]3C[C@@]3(Cl)C(=O)N(c4c(F)c(F)c(F)c(F)c4F)C(=O)[C@@]23Cl)ccc1O. The first-order valence-corrected chi connectivity index (χ1v) is 15.8. The van der Waals surface area contributed by atoms with Crippen molar-refractivity contribution in [2.24, 2.45) is 17.8 Å². The first-order chi connectivity index (χ1) is 23.2. The molecule has 1 N–H and O–H groups in total. The quantitative estimate of drug-likeness (QED) is 0.0835. The Morgan fingerprint density at radius 2 is 1.47 bits per heavy atom. The molecule has 4 amide bonds. The highest BCUT2D eigenvalue weighted by Crippen LogP contribution is 2.66. The highest BCUT2D eigenvalue weighted by atomic mass is 35.5. The minimum absolute atomic E-state index is 0.0109. The van der Waals surface area contributed by atoms with E-state index in [4.69, 9.17) is 27.9 Å². The average Bonchev–Trinajstić information content (AvgIpc) is 3.42. The molecule has 254 valence electrons. The number of aromatic hydroxyl groups is 1. The minimum atomic E-state index is -2.69. The molecule has 15 heteroatoms. The lowest BCUT2D eigenvalue weighted by molar-refractivity contribution is -0.125. The summed E-state index contributed by atoms with van der Waals surface area (Å²) in [6, 6.07) is 11.9. The molecule has 3 aromatic carbocycles. The van der Waals surface area contributed by atoms with E-state index in [0.29, 0.717) is 0 Å². The molecule has 2 aliphatic carbocycles. The molecule has 2 heterocycles. The van der Waals surface area contributed by atoms with E-state index in [1.165, 1.54) is 18.2 Å². The van der Waals surface area contributed by atoms with Crippen molar-refractivity contribution in [3.05, 3.63) is 94.8 Å². The predicted octanol–water partition coefficient (Wildman–Crippen LogP) is 6.25. The smallest absolute Gasteiger partial charge is 0.258 e. The van der Waals surface area contributed by atoms with Crippen molar-refractivity contribution < 1.29 is 51.0 Å². The van der Waals surface area contributed by atoms with E-state index >= 15 is 8.78 Å². The van der Waals surface area contributed by atoms with Crippen LogP contribution in [0.5, 0.6) is 11.5 Å².